The monoisotopic (exact) mass is 273 g/mol. The van der Waals surface area contributed by atoms with E-state index in [-0.39, 0.29) is 5.75 Å². The first kappa shape index (κ1) is 15.2. The molecule has 0 fully saturated rings. The lowest BCUT2D eigenvalue weighted by molar-refractivity contribution is -0.165. The first-order valence-electron chi connectivity index (χ1n) is 5.80. The molecule has 0 aliphatic carbocycles. The first-order valence-corrected chi connectivity index (χ1v) is 5.80. The zero-order valence-electron chi connectivity index (χ0n) is 10.4. The van der Waals surface area contributed by atoms with Crippen LogP contribution in [0.25, 0.3) is 0 Å². The van der Waals surface area contributed by atoms with Gasteiger partial charge in [-0.25, -0.2) is 0 Å². The SMILES string of the molecule is CCCOc1ccccc1OCC(C#N)C(F)(F)F. The number of nitrogens with zero attached hydrogens (tertiary/aromatic N) is 1. The van der Waals surface area contributed by atoms with Crippen molar-refractivity contribution in [2.75, 3.05) is 13.2 Å². The minimum Gasteiger partial charge on any atom is -0.490 e. The Kier molecular flexibility index (Phi) is 5.49. The number of alkyl halides is 3. The topological polar surface area (TPSA) is 42.2 Å². The minimum atomic E-state index is -4.59. The maximum Gasteiger partial charge on any atom is 0.407 e. The molecule has 0 radical (unpaired) electrons. The maximum absolute atomic E-state index is 12.4. The Morgan fingerprint density at radius 2 is 1.79 bits per heavy atom. The van der Waals surface area contributed by atoms with Gasteiger partial charge in [-0.3, -0.25) is 0 Å². The summed E-state index contributed by atoms with van der Waals surface area (Å²) >= 11 is 0. The van der Waals surface area contributed by atoms with Gasteiger partial charge in [0.05, 0.1) is 12.7 Å². The fraction of sp³-hybridized carbons (Fsp3) is 0.462. The molecule has 0 saturated carbocycles. The van der Waals surface area contributed by atoms with Crippen LogP contribution < -0.4 is 9.47 Å². The van der Waals surface area contributed by atoms with E-state index in [0.29, 0.717) is 12.4 Å². The van der Waals surface area contributed by atoms with Gasteiger partial charge in [-0.15, -0.1) is 0 Å². The van der Waals surface area contributed by atoms with Crippen LogP contribution in [0.1, 0.15) is 13.3 Å². The van der Waals surface area contributed by atoms with Crippen LogP contribution in [0.3, 0.4) is 0 Å². The van der Waals surface area contributed by atoms with Crippen molar-refractivity contribution in [3.8, 4) is 17.6 Å². The van der Waals surface area contributed by atoms with Gasteiger partial charge in [0.1, 0.15) is 6.61 Å². The molecule has 3 nitrogen and oxygen atoms in total. The van der Waals surface area contributed by atoms with Crippen molar-refractivity contribution in [1.29, 1.82) is 5.26 Å². The highest BCUT2D eigenvalue weighted by Gasteiger charge is 2.40. The molecule has 1 aromatic rings. The zero-order chi connectivity index (χ0) is 14.3. The summed E-state index contributed by atoms with van der Waals surface area (Å²) in [6, 6.07) is 7.63. The molecule has 0 amide bonds. The minimum absolute atomic E-state index is 0.209. The van der Waals surface area contributed by atoms with Crippen molar-refractivity contribution in [2.24, 2.45) is 5.92 Å². The lowest BCUT2D eigenvalue weighted by Crippen LogP contribution is -2.27. The van der Waals surface area contributed by atoms with Crippen molar-refractivity contribution in [1.82, 2.24) is 0 Å². The van der Waals surface area contributed by atoms with E-state index < -0.39 is 18.7 Å². The Bertz CT molecular complexity index is 440. The van der Waals surface area contributed by atoms with Crippen molar-refractivity contribution in [3.63, 3.8) is 0 Å². The summed E-state index contributed by atoms with van der Waals surface area (Å²) in [7, 11) is 0. The summed E-state index contributed by atoms with van der Waals surface area (Å²) < 4.78 is 47.6. The van der Waals surface area contributed by atoms with Crippen LogP contribution in [-0.4, -0.2) is 19.4 Å². The molecule has 19 heavy (non-hydrogen) atoms. The normalized spacial score (nSPS) is 12.6. The fourth-order valence-corrected chi connectivity index (χ4v) is 1.28. The van der Waals surface area contributed by atoms with E-state index in [2.05, 4.69) is 0 Å². The number of nitriles is 1. The number of halogens is 3. The maximum atomic E-state index is 12.4. The molecule has 1 atom stereocenters. The predicted molar refractivity (Wildman–Crippen MR) is 62.9 cm³/mol. The van der Waals surface area contributed by atoms with Crippen LogP contribution in [-0.2, 0) is 0 Å². The van der Waals surface area contributed by atoms with Gasteiger partial charge in [0.15, 0.2) is 17.4 Å². The van der Waals surface area contributed by atoms with E-state index in [1.807, 2.05) is 6.92 Å². The largest absolute Gasteiger partial charge is 0.490 e. The van der Waals surface area contributed by atoms with Crippen LogP contribution in [0.2, 0.25) is 0 Å². The number of benzene rings is 1. The van der Waals surface area contributed by atoms with Crippen LogP contribution >= 0.6 is 0 Å². The second-order valence-electron chi connectivity index (χ2n) is 3.83. The molecule has 104 valence electrons. The summed E-state index contributed by atoms with van der Waals surface area (Å²) in [5.74, 6) is -1.56. The molecular weight excluding hydrogens is 259 g/mol. The Morgan fingerprint density at radius 1 is 1.21 bits per heavy atom. The third-order valence-corrected chi connectivity index (χ3v) is 2.27. The summed E-state index contributed by atoms with van der Waals surface area (Å²) in [5, 5.41) is 8.47. The van der Waals surface area contributed by atoms with Gasteiger partial charge in [0.2, 0.25) is 0 Å². The van der Waals surface area contributed by atoms with Crippen molar-refractivity contribution in [2.45, 2.75) is 19.5 Å². The zero-order valence-corrected chi connectivity index (χ0v) is 10.4. The lowest BCUT2D eigenvalue weighted by atomic mass is 10.2. The molecule has 0 aromatic heterocycles. The van der Waals surface area contributed by atoms with Crippen molar-refractivity contribution in [3.05, 3.63) is 24.3 Å². The van der Waals surface area contributed by atoms with Crippen LogP contribution in [0.4, 0.5) is 13.2 Å². The molecule has 0 bridgehead atoms. The smallest absolute Gasteiger partial charge is 0.407 e. The van der Waals surface area contributed by atoms with Crippen molar-refractivity contribution < 1.29 is 22.6 Å². The summed E-state index contributed by atoms with van der Waals surface area (Å²) in [5.41, 5.74) is 0. The second-order valence-corrected chi connectivity index (χ2v) is 3.83. The van der Waals surface area contributed by atoms with Gasteiger partial charge in [-0.1, -0.05) is 19.1 Å². The molecule has 0 N–H and O–H groups in total. The summed E-state index contributed by atoms with van der Waals surface area (Å²) in [6.07, 6.45) is -3.81. The van der Waals surface area contributed by atoms with Gasteiger partial charge in [-0.05, 0) is 18.6 Å². The Labute approximate surface area is 109 Å². The van der Waals surface area contributed by atoms with Gasteiger partial charge >= 0.3 is 6.18 Å². The predicted octanol–water partition coefficient (Wildman–Crippen LogP) is 3.56. The first-order chi connectivity index (χ1) is 8.99. The van der Waals surface area contributed by atoms with Gasteiger partial charge in [0, 0.05) is 0 Å². The number of ether oxygens (including phenoxy) is 2. The molecular formula is C13H14F3NO2. The third kappa shape index (κ3) is 4.70. The quantitative estimate of drug-likeness (QED) is 0.796. The van der Waals surface area contributed by atoms with E-state index >= 15 is 0 Å². The van der Waals surface area contributed by atoms with E-state index in [1.54, 1.807) is 18.2 Å². The summed E-state index contributed by atoms with van der Waals surface area (Å²) in [6.45, 7) is 1.62. The number of para-hydroxylation sites is 2. The number of hydrogen-bond acceptors (Lipinski definition) is 3. The average molecular weight is 273 g/mol. The van der Waals surface area contributed by atoms with Crippen LogP contribution in [0.15, 0.2) is 24.3 Å². The van der Waals surface area contributed by atoms with E-state index in [1.165, 1.54) is 12.1 Å². The third-order valence-electron chi connectivity index (χ3n) is 2.27. The fourth-order valence-electron chi connectivity index (χ4n) is 1.28. The molecule has 0 spiro atoms. The number of hydrogen-bond donors (Lipinski definition) is 0. The molecule has 0 aliphatic rings. The molecule has 6 heteroatoms. The Hall–Kier alpha value is -1.90. The van der Waals surface area contributed by atoms with Crippen LogP contribution in [0.5, 0.6) is 11.5 Å². The Balaban J connectivity index is 2.69. The van der Waals surface area contributed by atoms with Gasteiger partial charge in [-0.2, -0.15) is 18.4 Å². The van der Waals surface area contributed by atoms with Gasteiger partial charge < -0.3 is 9.47 Å². The average Bonchev–Trinajstić information content (AvgIpc) is 2.36. The Morgan fingerprint density at radius 3 is 2.26 bits per heavy atom. The van der Waals surface area contributed by atoms with Crippen molar-refractivity contribution >= 4 is 0 Å². The van der Waals surface area contributed by atoms with E-state index in [4.69, 9.17) is 14.7 Å². The molecule has 0 saturated heterocycles. The van der Waals surface area contributed by atoms with E-state index in [9.17, 15) is 13.2 Å². The summed E-state index contributed by atoms with van der Waals surface area (Å²) in [4.78, 5) is 0. The number of rotatable bonds is 6. The van der Waals surface area contributed by atoms with Crippen LogP contribution in [0, 0.1) is 17.2 Å². The second kappa shape index (κ2) is 6.88. The molecule has 0 aliphatic heterocycles. The van der Waals surface area contributed by atoms with Gasteiger partial charge in [0.25, 0.3) is 0 Å². The molecule has 0 heterocycles. The highest BCUT2D eigenvalue weighted by molar-refractivity contribution is 5.39. The molecule has 1 aromatic carbocycles. The molecule has 1 unspecified atom stereocenters. The van der Waals surface area contributed by atoms with E-state index in [0.717, 1.165) is 6.42 Å². The standard InChI is InChI=1S/C13H14F3NO2/c1-2-7-18-11-5-3-4-6-12(11)19-9-10(8-17)13(14,15)16/h3-6,10H,2,7,9H2,1H3. The highest BCUT2D eigenvalue weighted by atomic mass is 19.4. The highest BCUT2D eigenvalue weighted by Crippen LogP contribution is 2.30. The molecule has 1 rings (SSSR count). The lowest BCUT2D eigenvalue weighted by Gasteiger charge is -2.16.